The summed E-state index contributed by atoms with van der Waals surface area (Å²) in [5.74, 6) is 0. The van der Waals surface area contributed by atoms with Crippen LogP contribution < -0.4 is 0 Å². The molecule has 0 rings (SSSR count). The number of rotatable bonds is 1. The Balaban J connectivity index is 3.23. The Morgan fingerprint density at radius 3 is 2.20 bits per heavy atom. The van der Waals surface area contributed by atoms with Gasteiger partial charge in [-0.2, -0.15) is 0 Å². The van der Waals surface area contributed by atoms with E-state index in [0.29, 0.717) is 0 Å². The molecular formula is FO2S2-. The maximum atomic E-state index is 10.2. The van der Waals surface area contributed by atoms with Gasteiger partial charge in [0, 0.05) is 0 Å². The molecule has 2 nitrogen and oxygen atoms in total. The average molecular weight is 115 g/mol. The Morgan fingerprint density at radius 2 is 2.20 bits per heavy atom. The lowest BCUT2D eigenvalue weighted by Gasteiger charge is -1.79. The van der Waals surface area contributed by atoms with E-state index in [-0.39, 0.29) is 0 Å². The van der Waals surface area contributed by atoms with E-state index in [9.17, 15) is 4.53 Å². The number of halogens is 1. The molecule has 0 aliphatic heterocycles. The first-order valence-electron chi connectivity index (χ1n) is 0.654. The highest BCUT2D eigenvalue weighted by atomic mass is 32.8. The van der Waals surface area contributed by atoms with E-state index in [1.807, 2.05) is 0 Å². The van der Waals surface area contributed by atoms with E-state index >= 15 is 0 Å². The summed E-state index contributed by atoms with van der Waals surface area (Å²) in [6, 6.07) is 0. The van der Waals surface area contributed by atoms with Crippen molar-refractivity contribution in [3.63, 3.8) is 0 Å². The zero-order valence-corrected chi connectivity index (χ0v) is 3.64. The fraction of sp³-hybridized carbons (Fsp3) is 0. The molecule has 5 heteroatoms. The minimum atomic E-state index is -2.16. The van der Waals surface area contributed by atoms with E-state index in [1.54, 1.807) is 0 Å². The van der Waals surface area contributed by atoms with Crippen molar-refractivity contribution in [1.29, 1.82) is 0 Å². The summed E-state index contributed by atoms with van der Waals surface area (Å²) < 4.78 is 21.9. The van der Waals surface area contributed by atoms with E-state index in [0.717, 1.165) is 0 Å². The summed E-state index contributed by atoms with van der Waals surface area (Å²) in [6.45, 7) is 0. The first kappa shape index (κ1) is 5.26. The third-order valence-corrected chi connectivity index (χ3v) is 0.309. The molecule has 0 atom stereocenters. The van der Waals surface area contributed by atoms with E-state index < -0.39 is 9.64 Å². The fourth-order valence-corrected chi connectivity index (χ4v) is 0. The quantitative estimate of drug-likeness (QED) is 0.457. The molecule has 5 heavy (non-hydrogen) atoms. The van der Waals surface area contributed by atoms with Crippen LogP contribution in [0.5, 0.6) is 0 Å². The van der Waals surface area contributed by atoms with E-state index in [1.165, 1.54) is 0 Å². The molecule has 32 valence electrons. The highest BCUT2D eigenvalue weighted by Crippen LogP contribution is 1.66. The van der Waals surface area contributed by atoms with Crippen molar-refractivity contribution >= 4 is 20.8 Å². The number of hydrogen-bond acceptors (Lipinski definition) is 4. The van der Waals surface area contributed by atoms with Gasteiger partial charge in [-0.3, -0.25) is 4.39 Å². The lowest BCUT2D eigenvalue weighted by molar-refractivity contribution is 0.0163. The van der Waals surface area contributed by atoms with Crippen molar-refractivity contribution in [3.8, 4) is 0 Å². The fourth-order valence-electron chi connectivity index (χ4n) is 0. The van der Waals surface area contributed by atoms with Crippen LogP contribution >= 0.6 is 0 Å². The van der Waals surface area contributed by atoms with Crippen LogP contribution in [0.4, 0.5) is 4.53 Å². The van der Waals surface area contributed by atoms with Gasteiger partial charge in [0.1, 0.15) is 0 Å². The first-order valence-corrected chi connectivity index (χ1v) is 2.65. The summed E-state index contributed by atoms with van der Waals surface area (Å²) in [6.07, 6.45) is 0. The molecular weight excluding hydrogens is 115 g/mol. The van der Waals surface area contributed by atoms with Gasteiger partial charge in [0.25, 0.3) is 0 Å². The van der Waals surface area contributed by atoms with Gasteiger partial charge in [-0.05, 0) is 9.64 Å². The highest BCUT2D eigenvalue weighted by Gasteiger charge is 1.46. The molecule has 0 aliphatic carbocycles. The molecule has 0 heterocycles. The van der Waals surface area contributed by atoms with Crippen molar-refractivity contribution in [2.75, 3.05) is 0 Å². The third-order valence-electron chi connectivity index (χ3n) is 0.0514. The second kappa shape index (κ2) is 2.49. The zero-order valence-electron chi connectivity index (χ0n) is 2.01. The van der Waals surface area contributed by atoms with Crippen molar-refractivity contribution in [2.24, 2.45) is 0 Å². The summed E-state index contributed by atoms with van der Waals surface area (Å²) in [5.41, 5.74) is 0. The molecule has 0 aromatic heterocycles. The topological polar surface area (TPSA) is 26.3 Å². The monoisotopic (exact) mass is 115 g/mol. The second-order valence-electron chi connectivity index (χ2n) is 0.267. The molecule has 0 fully saturated rings. The van der Waals surface area contributed by atoms with Gasteiger partial charge in [0.05, 0.1) is 0 Å². The Hall–Kier alpha value is 0.260. The average Bonchev–Trinajstić information content (AvgIpc) is 1.38. The summed E-state index contributed by atoms with van der Waals surface area (Å²) in [7, 11) is -2.16. The molecule has 0 aromatic carbocycles. The number of hydrogen-bond donors (Lipinski definition) is 0. The predicted octanol–water partition coefficient (Wildman–Crippen LogP) is 0.228. The van der Waals surface area contributed by atoms with Gasteiger partial charge in [-0.15, -0.1) is 0 Å². The van der Waals surface area contributed by atoms with Gasteiger partial charge in [0.2, 0.25) is 0 Å². The van der Waals surface area contributed by atoms with Crippen LogP contribution in [0.25, 0.3) is 0 Å². The molecule has 0 N–H and O–H groups in total. The van der Waals surface area contributed by atoms with Gasteiger partial charge in [-0.1, -0.05) is 4.53 Å². The molecule has 0 spiro atoms. The molecule has 0 radical (unpaired) electrons. The molecule has 0 aromatic rings. The molecule has 0 bridgehead atoms. The first-order chi connectivity index (χ1) is 2.27. The molecule has 0 aliphatic rings. The van der Waals surface area contributed by atoms with E-state index in [2.05, 4.69) is 15.6 Å². The smallest absolute Gasteiger partial charge is 0.0497 e. The van der Waals surface area contributed by atoms with Crippen molar-refractivity contribution < 1.29 is 13.1 Å². The standard InChI is InChI=1S/FO2S2/c1-3-5(2)4/q-1. The highest BCUT2D eigenvalue weighted by molar-refractivity contribution is 8.19. The minimum absolute atomic E-state index is 2.16. The van der Waals surface area contributed by atoms with Gasteiger partial charge in [-0.25, -0.2) is 11.2 Å². The van der Waals surface area contributed by atoms with Crippen LogP contribution in [0.2, 0.25) is 0 Å². The minimum Gasteiger partial charge on any atom is -0.422 e. The maximum absolute atomic E-state index is 10.2. The van der Waals surface area contributed by atoms with E-state index in [4.69, 9.17) is 4.21 Å². The van der Waals surface area contributed by atoms with Crippen LogP contribution in [-0.2, 0) is 29.4 Å². The van der Waals surface area contributed by atoms with Crippen molar-refractivity contribution in [3.05, 3.63) is 0 Å². The largest absolute Gasteiger partial charge is 0.422 e. The van der Waals surface area contributed by atoms with Crippen LogP contribution in [0.15, 0.2) is 0 Å². The zero-order chi connectivity index (χ0) is 4.28. The lowest BCUT2D eigenvalue weighted by Crippen LogP contribution is -1.61. The van der Waals surface area contributed by atoms with Gasteiger partial charge in [0.15, 0.2) is 0 Å². The summed E-state index contributed by atoms with van der Waals surface area (Å²) in [4.78, 5) is 0. The summed E-state index contributed by atoms with van der Waals surface area (Å²) in [5, 5.41) is 0. The Bertz CT molecular complexity index is 65.7. The molecule has 0 saturated carbocycles. The van der Waals surface area contributed by atoms with Crippen LogP contribution in [0.3, 0.4) is 0 Å². The Labute approximate surface area is 34.7 Å². The molecule has 0 saturated heterocycles. The van der Waals surface area contributed by atoms with Crippen LogP contribution in [0.1, 0.15) is 0 Å². The molecule has 0 unspecified atom stereocenters. The van der Waals surface area contributed by atoms with Crippen molar-refractivity contribution in [2.45, 2.75) is 0 Å². The normalized spacial score (nSPS) is 9.20. The SMILES string of the molecule is O=[S-](=S)OF. The predicted molar refractivity (Wildman–Crippen MR) is 17.6 cm³/mol. The Morgan fingerprint density at radius 1 is 2.00 bits per heavy atom. The Kier molecular flexibility index (Phi) is 2.62. The second-order valence-corrected chi connectivity index (χ2v) is 1.62. The molecule has 0 amide bonds. The van der Waals surface area contributed by atoms with Gasteiger partial charge >= 0.3 is 0 Å². The van der Waals surface area contributed by atoms with Gasteiger partial charge < -0.3 is 4.21 Å². The van der Waals surface area contributed by atoms with Crippen LogP contribution in [0, 0.1) is 0 Å². The summed E-state index contributed by atoms with van der Waals surface area (Å²) >= 11 is 3.66. The maximum Gasteiger partial charge on any atom is -0.0497 e. The van der Waals surface area contributed by atoms with Crippen LogP contribution in [-0.4, -0.2) is 0 Å². The third kappa shape index (κ3) is 4.26. The lowest BCUT2D eigenvalue weighted by atomic mass is 15.6. The van der Waals surface area contributed by atoms with Crippen molar-refractivity contribution in [1.82, 2.24) is 0 Å².